The average Bonchev–Trinajstić information content (AvgIpc) is 2.48. The molecule has 0 fully saturated rings. The Morgan fingerprint density at radius 3 is 0.760 bits per heavy atom. The van der Waals surface area contributed by atoms with Gasteiger partial charge in [0.15, 0.2) is 0 Å². The van der Waals surface area contributed by atoms with Gasteiger partial charge >= 0.3 is 0 Å². The number of rotatable bonds is 18. The molecule has 25 heavy (non-hydrogen) atoms. The Balaban J connectivity index is 3.08. The summed E-state index contributed by atoms with van der Waals surface area (Å²) in [6, 6.07) is 0. The number of likely N-dealkylation sites (N-methyl/N-ethyl adjacent to an activating group) is 2. The van der Waals surface area contributed by atoms with Crippen LogP contribution in [0.15, 0.2) is 0 Å². The molecule has 7 nitrogen and oxygen atoms in total. The summed E-state index contributed by atoms with van der Waals surface area (Å²) in [5.74, 6) is 0. The van der Waals surface area contributed by atoms with Gasteiger partial charge in [-0.1, -0.05) is 0 Å². The molecule has 0 unspecified atom stereocenters. The SMILES string of the molecule is C[N+](C)(C)CCOCCOCCOCCOCCOCC[N+](C)(C)C. The summed E-state index contributed by atoms with van der Waals surface area (Å²) >= 11 is 0. The first-order valence-electron chi connectivity index (χ1n) is 9.20. The zero-order valence-electron chi connectivity index (χ0n) is 17.4. The zero-order valence-corrected chi connectivity index (χ0v) is 17.4. The van der Waals surface area contributed by atoms with Crippen molar-refractivity contribution in [2.75, 3.05) is 121 Å². The van der Waals surface area contributed by atoms with Crippen LogP contribution >= 0.6 is 0 Å². The molecule has 7 heteroatoms. The Hall–Kier alpha value is -0.280. The molecule has 0 N–H and O–H groups in total. The molecule has 0 amide bonds. The van der Waals surface area contributed by atoms with E-state index in [9.17, 15) is 0 Å². The van der Waals surface area contributed by atoms with E-state index in [4.69, 9.17) is 23.7 Å². The van der Waals surface area contributed by atoms with Gasteiger partial charge in [0.2, 0.25) is 0 Å². The van der Waals surface area contributed by atoms with Gasteiger partial charge in [0, 0.05) is 0 Å². The van der Waals surface area contributed by atoms with E-state index in [0.29, 0.717) is 52.9 Å². The highest BCUT2D eigenvalue weighted by Gasteiger charge is 2.06. The van der Waals surface area contributed by atoms with Gasteiger partial charge in [0.1, 0.15) is 13.1 Å². The third kappa shape index (κ3) is 23.7. The third-order valence-electron chi connectivity index (χ3n) is 3.30. The van der Waals surface area contributed by atoms with Crippen molar-refractivity contribution in [3.63, 3.8) is 0 Å². The molecule has 0 radical (unpaired) electrons. The van der Waals surface area contributed by atoms with Gasteiger partial charge < -0.3 is 32.7 Å². The highest BCUT2D eigenvalue weighted by atomic mass is 16.6. The number of ether oxygens (including phenoxy) is 5. The van der Waals surface area contributed by atoms with E-state index in [1.807, 2.05) is 0 Å². The third-order valence-corrected chi connectivity index (χ3v) is 3.30. The zero-order chi connectivity index (χ0) is 19.0. The predicted octanol–water partition coefficient (Wildman–Crippen LogP) is 0.482. The van der Waals surface area contributed by atoms with Gasteiger partial charge in [-0.05, 0) is 0 Å². The first-order chi connectivity index (χ1) is 11.7. The van der Waals surface area contributed by atoms with E-state index in [-0.39, 0.29) is 0 Å². The normalized spacial score (nSPS) is 12.7. The van der Waals surface area contributed by atoms with Crippen molar-refractivity contribution in [3.05, 3.63) is 0 Å². The second kappa shape index (κ2) is 14.8. The van der Waals surface area contributed by atoms with Crippen molar-refractivity contribution in [2.24, 2.45) is 0 Å². The molecule has 0 saturated carbocycles. The molecule has 0 bridgehead atoms. The van der Waals surface area contributed by atoms with Crippen molar-refractivity contribution in [1.82, 2.24) is 0 Å². The summed E-state index contributed by atoms with van der Waals surface area (Å²) in [6.07, 6.45) is 0. The maximum absolute atomic E-state index is 5.51. The second-order valence-electron chi connectivity index (χ2n) is 8.09. The van der Waals surface area contributed by atoms with Crippen molar-refractivity contribution < 1.29 is 32.7 Å². The fourth-order valence-corrected chi connectivity index (χ4v) is 1.66. The molecule has 0 aliphatic rings. The molecule has 152 valence electrons. The van der Waals surface area contributed by atoms with Crippen LogP contribution in [0.25, 0.3) is 0 Å². The van der Waals surface area contributed by atoms with Gasteiger partial charge in [-0.25, -0.2) is 0 Å². The van der Waals surface area contributed by atoms with E-state index >= 15 is 0 Å². The summed E-state index contributed by atoms with van der Waals surface area (Å²) in [4.78, 5) is 0. The topological polar surface area (TPSA) is 46.2 Å². The Kier molecular flexibility index (Phi) is 14.7. The number of hydrogen-bond acceptors (Lipinski definition) is 5. The van der Waals surface area contributed by atoms with Crippen LogP contribution < -0.4 is 0 Å². The maximum Gasteiger partial charge on any atom is 0.102 e. The fourth-order valence-electron chi connectivity index (χ4n) is 1.66. The lowest BCUT2D eigenvalue weighted by molar-refractivity contribution is -0.870. The molecule has 0 rings (SSSR count). The average molecular weight is 367 g/mol. The molecule has 0 saturated heterocycles. The molecule has 0 aromatic rings. The summed E-state index contributed by atoms with van der Waals surface area (Å²) in [7, 11) is 12.9. The highest BCUT2D eigenvalue weighted by molar-refractivity contribution is 4.36. The van der Waals surface area contributed by atoms with E-state index in [1.165, 1.54) is 0 Å². The highest BCUT2D eigenvalue weighted by Crippen LogP contribution is 1.90. The maximum atomic E-state index is 5.51. The second-order valence-corrected chi connectivity index (χ2v) is 8.09. The smallest absolute Gasteiger partial charge is 0.102 e. The van der Waals surface area contributed by atoms with Crippen molar-refractivity contribution >= 4 is 0 Å². The van der Waals surface area contributed by atoms with Crippen LogP contribution in [0.2, 0.25) is 0 Å². The van der Waals surface area contributed by atoms with Crippen LogP contribution in [0, 0.1) is 0 Å². The van der Waals surface area contributed by atoms with Gasteiger partial charge in [-0.3, -0.25) is 0 Å². The minimum atomic E-state index is 0.586. The van der Waals surface area contributed by atoms with Gasteiger partial charge in [0.25, 0.3) is 0 Å². The lowest BCUT2D eigenvalue weighted by Crippen LogP contribution is -2.37. The van der Waals surface area contributed by atoms with Crippen LogP contribution in [0.5, 0.6) is 0 Å². The summed E-state index contributed by atoms with van der Waals surface area (Å²) < 4.78 is 29.2. The van der Waals surface area contributed by atoms with E-state index in [1.54, 1.807) is 0 Å². The van der Waals surface area contributed by atoms with Gasteiger partial charge in [0.05, 0.1) is 108 Å². The number of nitrogens with zero attached hydrogens (tertiary/aromatic N) is 2. The van der Waals surface area contributed by atoms with E-state index in [0.717, 1.165) is 35.3 Å². The lowest BCUT2D eigenvalue weighted by atomic mass is 10.5. The molecule has 0 heterocycles. The molecule has 0 atom stereocenters. The molecule has 0 aromatic carbocycles. The first kappa shape index (κ1) is 24.7. The Morgan fingerprint density at radius 2 is 0.560 bits per heavy atom. The van der Waals surface area contributed by atoms with Crippen LogP contribution in [-0.2, 0) is 23.7 Å². The Labute approximate surface area is 154 Å². The van der Waals surface area contributed by atoms with Crippen molar-refractivity contribution in [2.45, 2.75) is 0 Å². The summed E-state index contributed by atoms with van der Waals surface area (Å²) in [5, 5.41) is 0. The van der Waals surface area contributed by atoms with Crippen LogP contribution in [0.4, 0.5) is 0 Å². The minimum absolute atomic E-state index is 0.586. The standard InChI is InChI=1S/C18H42N2O5/c1-19(2,3)7-9-21-11-13-23-15-17-25-18-16-24-14-12-22-10-8-20(4,5)6/h7-18H2,1-6H3/q+2. The Morgan fingerprint density at radius 1 is 0.360 bits per heavy atom. The van der Waals surface area contributed by atoms with Gasteiger partial charge in [-0.15, -0.1) is 0 Å². The fraction of sp³-hybridized carbons (Fsp3) is 1.00. The minimum Gasteiger partial charge on any atom is -0.377 e. The molecule has 0 aliphatic heterocycles. The monoisotopic (exact) mass is 366 g/mol. The largest absolute Gasteiger partial charge is 0.377 e. The first-order valence-corrected chi connectivity index (χ1v) is 9.20. The molecular formula is C18H42N2O5+2. The molecule has 0 aromatic heterocycles. The molecule has 0 aliphatic carbocycles. The quantitative estimate of drug-likeness (QED) is 0.261. The molecular weight excluding hydrogens is 324 g/mol. The predicted molar refractivity (Wildman–Crippen MR) is 99.9 cm³/mol. The van der Waals surface area contributed by atoms with Crippen LogP contribution in [-0.4, -0.2) is 130 Å². The summed E-state index contributed by atoms with van der Waals surface area (Å²) in [5.41, 5.74) is 0. The van der Waals surface area contributed by atoms with Crippen molar-refractivity contribution in [1.29, 1.82) is 0 Å². The van der Waals surface area contributed by atoms with E-state index in [2.05, 4.69) is 42.3 Å². The van der Waals surface area contributed by atoms with Crippen LogP contribution in [0.3, 0.4) is 0 Å². The number of quaternary nitrogens is 2. The van der Waals surface area contributed by atoms with Crippen LogP contribution in [0.1, 0.15) is 0 Å². The summed E-state index contributed by atoms with van der Waals surface area (Å²) in [6.45, 7) is 8.38. The van der Waals surface area contributed by atoms with E-state index < -0.39 is 0 Å². The van der Waals surface area contributed by atoms with Gasteiger partial charge in [-0.2, -0.15) is 0 Å². The lowest BCUT2D eigenvalue weighted by Gasteiger charge is -2.23. The van der Waals surface area contributed by atoms with Crippen molar-refractivity contribution in [3.8, 4) is 0 Å². The number of hydrogen-bond donors (Lipinski definition) is 0. The molecule has 0 spiro atoms. The Bertz CT molecular complexity index is 262.